The van der Waals surface area contributed by atoms with Crippen molar-refractivity contribution in [3.63, 3.8) is 0 Å². The highest BCUT2D eigenvalue weighted by Gasteiger charge is 2.24. The van der Waals surface area contributed by atoms with Crippen molar-refractivity contribution in [2.24, 2.45) is 5.41 Å². The largest absolute Gasteiger partial charge is 0.473 e. The second-order valence-corrected chi connectivity index (χ2v) is 1.83. The van der Waals surface area contributed by atoms with Gasteiger partial charge in [0.1, 0.15) is 0 Å². The fourth-order valence-corrected chi connectivity index (χ4v) is 0.568. The van der Waals surface area contributed by atoms with Gasteiger partial charge < -0.3 is 4.74 Å². The molecule has 0 aromatic heterocycles. The molecule has 0 saturated heterocycles. The highest BCUT2D eigenvalue weighted by Crippen LogP contribution is 2.21. The second-order valence-electron chi connectivity index (χ2n) is 1.83. The van der Waals surface area contributed by atoms with Crippen LogP contribution in [0.3, 0.4) is 0 Å². The van der Waals surface area contributed by atoms with Crippen LogP contribution in [-0.4, -0.2) is 0 Å². The molecule has 1 aliphatic rings. The van der Waals surface area contributed by atoms with Crippen LogP contribution in [0.5, 0.6) is 0 Å². The summed E-state index contributed by atoms with van der Waals surface area (Å²) in [5, 5.41) is 17.0. The molecular formula is C7H4N2O. The van der Waals surface area contributed by atoms with E-state index in [0.717, 1.165) is 0 Å². The van der Waals surface area contributed by atoms with E-state index in [-0.39, 0.29) is 0 Å². The Morgan fingerprint density at radius 2 is 1.60 bits per heavy atom. The van der Waals surface area contributed by atoms with Gasteiger partial charge in [-0.2, -0.15) is 10.5 Å². The highest BCUT2D eigenvalue weighted by molar-refractivity contribution is 5.33. The predicted molar refractivity (Wildman–Crippen MR) is 33.0 cm³/mol. The fraction of sp³-hybridized carbons (Fsp3) is 0.143. The average molecular weight is 132 g/mol. The zero-order chi connectivity index (χ0) is 7.45. The summed E-state index contributed by atoms with van der Waals surface area (Å²) in [6.45, 7) is 0. The van der Waals surface area contributed by atoms with Gasteiger partial charge in [-0.3, -0.25) is 0 Å². The number of nitrogens with zero attached hydrogens (tertiary/aromatic N) is 2. The molecule has 3 heteroatoms. The van der Waals surface area contributed by atoms with Crippen molar-refractivity contribution in [3.05, 3.63) is 24.7 Å². The molecule has 0 bridgehead atoms. The number of nitriles is 2. The van der Waals surface area contributed by atoms with Crippen molar-refractivity contribution >= 4 is 0 Å². The molecule has 1 heterocycles. The maximum Gasteiger partial charge on any atom is 0.186 e. The third kappa shape index (κ3) is 0.852. The predicted octanol–water partition coefficient (Wildman–Crippen LogP) is 1.08. The Labute approximate surface area is 58.4 Å². The maximum absolute atomic E-state index is 8.51. The summed E-state index contributed by atoms with van der Waals surface area (Å²) in [6.07, 6.45) is 5.47. The SMILES string of the molecule is N#CC1(C#N)C=COC=C1. The lowest BCUT2D eigenvalue weighted by Crippen LogP contribution is -2.10. The summed E-state index contributed by atoms with van der Waals surface area (Å²) in [4.78, 5) is 0. The van der Waals surface area contributed by atoms with Crippen LogP contribution in [0.4, 0.5) is 0 Å². The molecular weight excluding hydrogens is 128 g/mol. The van der Waals surface area contributed by atoms with Crippen LogP contribution < -0.4 is 0 Å². The zero-order valence-electron chi connectivity index (χ0n) is 5.11. The van der Waals surface area contributed by atoms with E-state index >= 15 is 0 Å². The Balaban J connectivity index is 2.98. The number of rotatable bonds is 0. The van der Waals surface area contributed by atoms with Gasteiger partial charge in [-0.1, -0.05) is 0 Å². The van der Waals surface area contributed by atoms with Gasteiger partial charge in [-0.25, -0.2) is 0 Å². The van der Waals surface area contributed by atoms with Gasteiger partial charge in [0.2, 0.25) is 0 Å². The third-order valence-electron chi connectivity index (χ3n) is 1.19. The van der Waals surface area contributed by atoms with E-state index < -0.39 is 5.41 Å². The van der Waals surface area contributed by atoms with E-state index in [1.807, 2.05) is 12.1 Å². The molecule has 0 atom stereocenters. The Hall–Kier alpha value is -1.74. The summed E-state index contributed by atoms with van der Waals surface area (Å²) in [7, 11) is 0. The van der Waals surface area contributed by atoms with E-state index in [2.05, 4.69) is 4.74 Å². The number of ether oxygens (including phenoxy) is 1. The molecule has 0 fully saturated rings. The van der Waals surface area contributed by atoms with Crippen molar-refractivity contribution < 1.29 is 4.74 Å². The molecule has 0 radical (unpaired) electrons. The lowest BCUT2D eigenvalue weighted by atomic mass is 9.92. The third-order valence-corrected chi connectivity index (χ3v) is 1.19. The molecule has 10 heavy (non-hydrogen) atoms. The van der Waals surface area contributed by atoms with E-state index in [0.29, 0.717) is 0 Å². The molecule has 48 valence electrons. The molecule has 1 rings (SSSR count). The van der Waals surface area contributed by atoms with Gasteiger partial charge in [0.25, 0.3) is 0 Å². The van der Waals surface area contributed by atoms with E-state index in [1.54, 1.807) is 0 Å². The first kappa shape index (κ1) is 6.38. The first-order chi connectivity index (χ1) is 4.83. The van der Waals surface area contributed by atoms with Crippen LogP contribution in [0.1, 0.15) is 0 Å². The van der Waals surface area contributed by atoms with Crippen LogP contribution in [0.15, 0.2) is 24.7 Å². The quantitative estimate of drug-likeness (QED) is 0.495. The fourth-order valence-electron chi connectivity index (χ4n) is 0.568. The highest BCUT2D eigenvalue weighted by atomic mass is 16.5. The minimum atomic E-state index is -1.11. The molecule has 0 aromatic rings. The summed E-state index contributed by atoms with van der Waals surface area (Å²) >= 11 is 0. The van der Waals surface area contributed by atoms with Crippen LogP contribution in [0.2, 0.25) is 0 Å². The smallest absolute Gasteiger partial charge is 0.186 e. The van der Waals surface area contributed by atoms with Crippen LogP contribution in [0, 0.1) is 28.1 Å². The second kappa shape index (κ2) is 2.24. The van der Waals surface area contributed by atoms with Gasteiger partial charge in [0.15, 0.2) is 5.41 Å². The van der Waals surface area contributed by atoms with E-state index in [1.165, 1.54) is 24.7 Å². The lowest BCUT2D eigenvalue weighted by molar-refractivity contribution is 0.382. The van der Waals surface area contributed by atoms with Gasteiger partial charge in [0.05, 0.1) is 24.7 Å². The van der Waals surface area contributed by atoms with Crippen molar-refractivity contribution in [2.75, 3.05) is 0 Å². The zero-order valence-corrected chi connectivity index (χ0v) is 5.11. The molecule has 0 amide bonds. The van der Waals surface area contributed by atoms with Crippen LogP contribution in [-0.2, 0) is 4.74 Å². The Bertz CT molecular complexity index is 236. The molecule has 0 saturated carbocycles. The molecule has 0 unspecified atom stereocenters. The summed E-state index contributed by atoms with van der Waals surface area (Å²) in [5.74, 6) is 0. The van der Waals surface area contributed by atoms with Crippen LogP contribution in [0.25, 0.3) is 0 Å². The molecule has 1 aliphatic heterocycles. The number of hydrogen-bond donors (Lipinski definition) is 0. The first-order valence-electron chi connectivity index (χ1n) is 2.66. The van der Waals surface area contributed by atoms with Crippen molar-refractivity contribution in [2.45, 2.75) is 0 Å². The summed E-state index contributed by atoms with van der Waals surface area (Å²) in [6, 6.07) is 3.70. The number of hydrogen-bond acceptors (Lipinski definition) is 3. The topological polar surface area (TPSA) is 56.8 Å². The monoisotopic (exact) mass is 132 g/mol. The maximum atomic E-state index is 8.51. The molecule has 0 aromatic carbocycles. The Morgan fingerprint density at radius 1 is 1.10 bits per heavy atom. The molecule has 0 aliphatic carbocycles. The lowest BCUT2D eigenvalue weighted by Gasteiger charge is -2.09. The Morgan fingerprint density at radius 3 is 1.90 bits per heavy atom. The summed E-state index contributed by atoms with van der Waals surface area (Å²) in [5.41, 5.74) is -1.11. The Kier molecular flexibility index (Phi) is 1.43. The van der Waals surface area contributed by atoms with E-state index in [4.69, 9.17) is 10.5 Å². The minimum Gasteiger partial charge on any atom is -0.473 e. The molecule has 3 nitrogen and oxygen atoms in total. The molecule has 0 N–H and O–H groups in total. The van der Waals surface area contributed by atoms with E-state index in [9.17, 15) is 0 Å². The van der Waals surface area contributed by atoms with Gasteiger partial charge >= 0.3 is 0 Å². The standard InChI is InChI=1S/C7H4N2O/c8-5-7(6-9)1-3-10-4-2-7/h1-4H. The van der Waals surface area contributed by atoms with Crippen molar-refractivity contribution in [1.82, 2.24) is 0 Å². The summed E-state index contributed by atoms with van der Waals surface area (Å²) < 4.78 is 4.67. The number of allylic oxidation sites excluding steroid dienone is 2. The normalized spacial score (nSPS) is 18.6. The average Bonchev–Trinajstić information content (AvgIpc) is 2.06. The minimum absolute atomic E-state index is 1.11. The van der Waals surface area contributed by atoms with Gasteiger partial charge in [-0.05, 0) is 12.2 Å². The van der Waals surface area contributed by atoms with Gasteiger partial charge in [0, 0.05) is 0 Å². The molecule has 0 spiro atoms. The van der Waals surface area contributed by atoms with Crippen molar-refractivity contribution in [3.8, 4) is 12.1 Å². The van der Waals surface area contributed by atoms with Crippen molar-refractivity contribution in [1.29, 1.82) is 10.5 Å². The van der Waals surface area contributed by atoms with Gasteiger partial charge in [-0.15, -0.1) is 0 Å². The first-order valence-corrected chi connectivity index (χ1v) is 2.66. The van der Waals surface area contributed by atoms with Crippen LogP contribution >= 0.6 is 0 Å².